The first-order valence-corrected chi connectivity index (χ1v) is 19.8. The van der Waals surface area contributed by atoms with Crippen molar-refractivity contribution in [3.8, 4) is 17.2 Å². The Morgan fingerprint density at radius 1 is 0.946 bits per heavy atom. The van der Waals surface area contributed by atoms with E-state index in [1.165, 1.54) is 48.8 Å². The van der Waals surface area contributed by atoms with Crippen LogP contribution >= 0.6 is 46.6 Å². The van der Waals surface area contributed by atoms with Crippen LogP contribution in [0.25, 0.3) is 6.08 Å². The molecule has 5 aromatic rings. The Kier molecular flexibility index (Phi) is 13.1. The van der Waals surface area contributed by atoms with E-state index < -0.39 is 22.5 Å². The molecule has 3 N–H and O–H groups in total. The molecule has 2 amide bonds. The monoisotopic (exact) mass is 853 g/mol. The van der Waals surface area contributed by atoms with Gasteiger partial charge in [-0.05, 0) is 108 Å². The molecule has 0 bridgehead atoms. The van der Waals surface area contributed by atoms with Crippen molar-refractivity contribution < 1.29 is 36.6 Å². The van der Waals surface area contributed by atoms with Crippen molar-refractivity contribution in [3.05, 3.63) is 140 Å². The molecule has 0 aliphatic carbocycles. The van der Waals surface area contributed by atoms with Crippen LogP contribution in [0, 0.1) is 0 Å². The number of nitrogens with zero attached hydrogens (tertiary/aromatic N) is 3. The first-order valence-electron chi connectivity index (χ1n) is 16.3. The highest BCUT2D eigenvalue weighted by molar-refractivity contribution is 8.18. The topological polar surface area (TPSA) is 175 Å². The zero-order valence-corrected chi connectivity index (χ0v) is 33.0. The molecule has 1 aliphatic heterocycles. The molecular formula is C38H30Cl3N5O8S2. The number of furan rings is 1. The lowest BCUT2D eigenvalue weighted by Crippen LogP contribution is -2.28. The first-order chi connectivity index (χ1) is 26.9. The minimum Gasteiger partial charge on any atom is -0.493 e. The van der Waals surface area contributed by atoms with Crippen LogP contribution in [0.3, 0.4) is 0 Å². The van der Waals surface area contributed by atoms with E-state index in [1.54, 1.807) is 72.8 Å². The number of amidine groups is 1. The lowest BCUT2D eigenvalue weighted by atomic mass is 10.2. The minimum atomic E-state index is -3.88. The third-order valence-corrected chi connectivity index (χ3v) is 10.6. The maximum Gasteiger partial charge on any atom is 0.267 e. The number of nitrogens with one attached hydrogen (secondary N) is 1. The number of sulfonamides is 1. The fraction of sp³-hybridized carbons (Fsp3) is 0.105. The summed E-state index contributed by atoms with van der Waals surface area (Å²) < 4.78 is 45.9. The van der Waals surface area contributed by atoms with Crippen molar-refractivity contribution in [2.75, 3.05) is 19.0 Å². The van der Waals surface area contributed by atoms with Gasteiger partial charge in [-0.25, -0.2) is 13.6 Å². The number of rotatable bonds is 14. The summed E-state index contributed by atoms with van der Waals surface area (Å²) in [6, 6.07) is 24.0. The molecule has 6 rings (SSSR count). The zero-order valence-electron chi connectivity index (χ0n) is 29.1. The van der Waals surface area contributed by atoms with E-state index in [1.807, 2.05) is 0 Å². The van der Waals surface area contributed by atoms with Crippen molar-refractivity contribution in [1.29, 1.82) is 0 Å². The van der Waals surface area contributed by atoms with Gasteiger partial charge in [0.05, 0.1) is 35.9 Å². The highest BCUT2D eigenvalue weighted by Crippen LogP contribution is 2.36. The number of hydrogen-bond donors (Lipinski definition) is 2. The van der Waals surface area contributed by atoms with E-state index in [0.29, 0.717) is 49.1 Å². The number of hydrogen-bond acceptors (Lipinski definition) is 11. The number of anilines is 1. The van der Waals surface area contributed by atoms with E-state index in [9.17, 15) is 18.0 Å². The lowest BCUT2D eigenvalue weighted by Gasteiger charge is -2.13. The summed E-state index contributed by atoms with van der Waals surface area (Å²) in [5.41, 5.74) is 2.17. The highest BCUT2D eigenvalue weighted by atomic mass is 35.5. The van der Waals surface area contributed by atoms with E-state index in [4.69, 9.17) is 58.6 Å². The average molecular weight is 855 g/mol. The van der Waals surface area contributed by atoms with Crippen LogP contribution in [-0.4, -0.2) is 50.2 Å². The summed E-state index contributed by atoms with van der Waals surface area (Å²) in [6.45, 7) is -0.129. The maximum absolute atomic E-state index is 13.8. The molecule has 1 fully saturated rings. The molecule has 0 atom stereocenters. The predicted octanol–water partition coefficient (Wildman–Crippen LogP) is 8.00. The second kappa shape index (κ2) is 18.1. The van der Waals surface area contributed by atoms with Crippen molar-refractivity contribution in [3.63, 3.8) is 0 Å². The van der Waals surface area contributed by atoms with Crippen molar-refractivity contribution in [2.45, 2.75) is 18.0 Å². The van der Waals surface area contributed by atoms with Crippen molar-refractivity contribution >= 4 is 91.5 Å². The number of nitrogens with two attached hydrogens (primary N) is 1. The second-order valence-corrected chi connectivity index (χ2v) is 15.6. The standard InChI is InChI=1S/C38H30Cl3N5O8S2/c1-51-34-15-23(4-12-33(34)53-21-24-5-6-27(40)18-31(24)41)19-43-45-38-46(20-29-3-2-14-52-29)37(48)35(55-38)17-25-16-26(39)7-13-32(25)54-22-36(47)44-28-8-10-30(11-9-28)56(42,49)50/h2-19H,20-22H2,1H3,(H,44,47)(H2,42,49,50)/b35-17-,43-19-,45-38+. The number of halogens is 3. The molecule has 1 aliphatic rings. The molecule has 0 spiro atoms. The molecule has 56 heavy (non-hydrogen) atoms. The van der Waals surface area contributed by atoms with Crippen LogP contribution in [0.4, 0.5) is 5.69 Å². The summed E-state index contributed by atoms with van der Waals surface area (Å²) in [7, 11) is -2.36. The number of thioether (sulfide) groups is 1. The zero-order chi connectivity index (χ0) is 39.8. The number of carbonyl (C=O) groups is 2. The van der Waals surface area contributed by atoms with Gasteiger partial charge in [0.1, 0.15) is 18.1 Å². The predicted molar refractivity (Wildman–Crippen MR) is 217 cm³/mol. The van der Waals surface area contributed by atoms with E-state index in [0.717, 1.165) is 17.3 Å². The molecular weight excluding hydrogens is 825 g/mol. The van der Waals surface area contributed by atoms with Gasteiger partial charge in [-0.15, -0.1) is 5.10 Å². The van der Waals surface area contributed by atoms with Crippen LogP contribution in [0.2, 0.25) is 15.1 Å². The van der Waals surface area contributed by atoms with Gasteiger partial charge in [0.25, 0.3) is 11.8 Å². The van der Waals surface area contributed by atoms with E-state index >= 15 is 0 Å². The number of benzene rings is 4. The van der Waals surface area contributed by atoms with Gasteiger partial charge >= 0.3 is 0 Å². The molecule has 288 valence electrons. The summed E-state index contributed by atoms with van der Waals surface area (Å²) >= 11 is 19.7. The molecule has 4 aromatic carbocycles. The van der Waals surface area contributed by atoms with Gasteiger partial charge in [-0.2, -0.15) is 5.10 Å². The van der Waals surface area contributed by atoms with Gasteiger partial charge < -0.3 is 23.9 Å². The number of primary sulfonamides is 1. The molecule has 0 unspecified atom stereocenters. The molecule has 1 aromatic heterocycles. The molecule has 0 radical (unpaired) electrons. The fourth-order valence-electron chi connectivity index (χ4n) is 5.08. The fourth-order valence-corrected chi connectivity index (χ4v) is 7.16. The van der Waals surface area contributed by atoms with Crippen LogP contribution < -0.4 is 24.7 Å². The third kappa shape index (κ3) is 10.5. The Hall–Kier alpha value is -5.29. The number of amides is 2. The molecule has 13 nitrogen and oxygen atoms in total. The average Bonchev–Trinajstić information content (AvgIpc) is 3.78. The SMILES string of the molecule is COc1cc(/C=N\N=C2\S/C(=C\c3cc(Cl)ccc3OCC(=O)Nc3ccc(S(N)(=O)=O)cc3)C(=O)N2Cc2ccco2)ccc1OCc1ccc(Cl)cc1Cl. The molecule has 18 heteroatoms. The highest BCUT2D eigenvalue weighted by Gasteiger charge is 2.34. The van der Waals surface area contributed by atoms with E-state index in [-0.39, 0.29) is 39.8 Å². The Balaban J connectivity index is 1.18. The maximum atomic E-state index is 13.8. The first kappa shape index (κ1) is 40.4. The molecule has 2 heterocycles. The van der Waals surface area contributed by atoms with Crippen molar-refractivity contribution in [1.82, 2.24) is 4.90 Å². The normalized spacial score (nSPS) is 14.5. The smallest absolute Gasteiger partial charge is 0.267 e. The van der Waals surface area contributed by atoms with Gasteiger partial charge in [-0.3, -0.25) is 14.5 Å². The number of carbonyl (C=O) groups excluding carboxylic acids is 2. The number of methoxy groups -OCH3 is 1. The largest absolute Gasteiger partial charge is 0.493 e. The lowest BCUT2D eigenvalue weighted by molar-refractivity contribution is -0.122. The van der Waals surface area contributed by atoms with E-state index in [2.05, 4.69) is 15.5 Å². The second-order valence-electron chi connectivity index (χ2n) is 11.7. The van der Waals surface area contributed by atoms with Crippen molar-refractivity contribution in [2.24, 2.45) is 15.3 Å². The number of ether oxygens (including phenoxy) is 3. The van der Waals surface area contributed by atoms with Crippen LogP contribution in [-0.2, 0) is 32.8 Å². The van der Waals surface area contributed by atoms with Crippen LogP contribution in [0.5, 0.6) is 17.2 Å². The van der Waals surface area contributed by atoms with Crippen LogP contribution in [0.1, 0.15) is 22.5 Å². The minimum absolute atomic E-state index is 0.0826. The Bertz CT molecular complexity index is 2460. The molecule has 0 saturated carbocycles. The Morgan fingerprint density at radius 2 is 1.70 bits per heavy atom. The van der Waals surface area contributed by atoms with Crippen LogP contribution in [0.15, 0.2) is 122 Å². The summed E-state index contributed by atoms with van der Waals surface area (Å²) in [5.74, 6) is 0.838. The summed E-state index contributed by atoms with van der Waals surface area (Å²) in [5, 5.41) is 18.1. The van der Waals surface area contributed by atoms with Gasteiger partial charge in [0, 0.05) is 31.9 Å². The Morgan fingerprint density at radius 3 is 2.41 bits per heavy atom. The summed E-state index contributed by atoms with van der Waals surface area (Å²) in [6.07, 6.45) is 4.60. The quantitative estimate of drug-likeness (QED) is 0.0637. The van der Waals surface area contributed by atoms with Gasteiger partial charge in [0.2, 0.25) is 10.0 Å². The van der Waals surface area contributed by atoms with Gasteiger partial charge in [-0.1, -0.05) is 40.9 Å². The van der Waals surface area contributed by atoms with Gasteiger partial charge in [0.15, 0.2) is 23.3 Å². The third-order valence-electron chi connectivity index (χ3n) is 7.80. The summed E-state index contributed by atoms with van der Waals surface area (Å²) in [4.78, 5) is 28.1. The Labute approximate surface area is 340 Å². The molecule has 1 saturated heterocycles.